The van der Waals surface area contributed by atoms with Crippen molar-refractivity contribution in [3.05, 3.63) is 90.5 Å². The van der Waals surface area contributed by atoms with Crippen molar-refractivity contribution in [2.24, 2.45) is 0 Å². The van der Waals surface area contributed by atoms with Crippen LogP contribution < -0.4 is 4.74 Å². The van der Waals surface area contributed by atoms with E-state index in [2.05, 4.69) is 6.58 Å². The lowest BCUT2D eigenvalue weighted by molar-refractivity contribution is -0.0715. The summed E-state index contributed by atoms with van der Waals surface area (Å²) in [6.07, 6.45) is 5.79. The second-order valence-corrected chi connectivity index (χ2v) is 5.80. The Morgan fingerprint density at radius 1 is 1.17 bits per heavy atom. The third kappa shape index (κ3) is 3.75. The van der Waals surface area contributed by atoms with Crippen LogP contribution in [0, 0.1) is 0 Å². The molecule has 3 nitrogen and oxygen atoms in total. The van der Waals surface area contributed by atoms with Crippen molar-refractivity contribution < 1.29 is 14.2 Å². The molecule has 3 heteroatoms. The molecular weight excluding hydrogens is 300 g/mol. The van der Waals surface area contributed by atoms with Crippen LogP contribution in [0.2, 0.25) is 0 Å². The number of hydrogen-bond acceptors (Lipinski definition) is 3. The summed E-state index contributed by atoms with van der Waals surface area (Å²) < 4.78 is 17.3. The molecular formula is C21H22O3. The minimum absolute atomic E-state index is 0.0793. The Kier molecular flexibility index (Phi) is 5.14. The number of ether oxygens (including phenoxy) is 3. The largest absolute Gasteiger partial charge is 0.497 e. The fraction of sp³-hybridized carbons (Fsp3) is 0.238. The molecule has 1 aliphatic rings. The molecule has 2 atom stereocenters. The van der Waals surface area contributed by atoms with Crippen molar-refractivity contribution in [2.45, 2.75) is 18.3 Å². The van der Waals surface area contributed by atoms with Gasteiger partial charge in [0.25, 0.3) is 0 Å². The maximum atomic E-state index is 6.08. The van der Waals surface area contributed by atoms with E-state index in [1.54, 1.807) is 13.2 Å². The monoisotopic (exact) mass is 322 g/mol. The zero-order chi connectivity index (χ0) is 16.8. The predicted octanol–water partition coefficient (Wildman–Crippen LogP) is 4.46. The minimum Gasteiger partial charge on any atom is -0.497 e. The third-order valence-corrected chi connectivity index (χ3v) is 4.18. The van der Waals surface area contributed by atoms with E-state index in [1.165, 1.54) is 0 Å². The van der Waals surface area contributed by atoms with E-state index in [9.17, 15) is 0 Å². The molecule has 1 heterocycles. The predicted molar refractivity (Wildman–Crippen MR) is 95.0 cm³/mol. The lowest BCUT2D eigenvalue weighted by Gasteiger charge is -2.33. The Labute approximate surface area is 143 Å². The molecule has 0 spiro atoms. The van der Waals surface area contributed by atoms with Crippen molar-refractivity contribution in [3.63, 3.8) is 0 Å². The lowest BCUT2D eigenvalue weighted by Crippen LogP contribution is -2.36. The summed E-state index contributed by atoms with van der Waals surface area (Å²) in [6, 6.07) is 18.0. The van der Waals surface area contributed by atoms with Gasteiger partial charge in [-0.05, 0) is 29.3 Å². The first-order chi connectivity index (χ1) is 11.7. The van der Waals surface area contributed by atoms with Crippen LogP contribution in [-0.2, 0) is 16.1 Å². The van der Waals surface area contributed by atoms with Gasteiger partial charge in [0.2, 0.25) is 0 Å². The van der Waals surface area contributed by atoms with Crippen LogP contribution in [0.5, 0.6) is 5.75 Å². The number of rotatable bonds is 6. The van der Waals surface area contributed by atoms with Gasteiger partial charge >= 0.3 is 0 Å². The van der Waals surface area contributed by atoms with Gasteiger partial charge < -0.3 is 14.2 Å². The van der Waals surface area contributed by atoms with Crippen LogP contribution in [0.15, 0.2) is 79.4 Å². The van der Waals surface area contributed by atoms with Gasteiger partial charge in [0, 0.05) is 0 Å². The van der Waals surface area contributed by atoms with Crippen LogP contribution in [0.25, 0.3) is 0 Å². The maximum Gasteiger partial charge on any atom is 0.128 e. The molecule has 0 bridgehead atoms. The minimum atomic E-state index is -0.585. The second kappa shape index (κ2) is 7.47. The smallest absolute Gasteiger partial charge is 0.128 e. The summed E-state index contributed by atoms with van der Waals surface area (Å²) in [5, 5.41) is 0. The molecule has 124 valence electrons. The summed E-state index contributed by atoms with van der Waals surface area (Å²) >= 11 is 0. The van der Waals surface area contributed by atoms with Crippen LogP contribution in [0.4, 0.5) is 0 Å². The highest BCUT2D eigenvalue weighted by molar-refractivity contribution is 5.32. The average Bonchev–Trinajstić information content (AvgIpc) is 2.68. The first-order valence-electron chi connectivity index (χ1n) is 8.01. The maximum absolute atomic E-state index is 6.08. The van der Waals surface area contributed by atoms with Crippen LogP contribution >= 0.6 is 0 Å². The van der Waals surface area contributed by atoms with E-state index in [1.807, 2.05) is 66.7 Å². The van der Waals surface area contributed by atoms with E-state index in [4.69, 9.17) is 14.2 Å². The topological polar surface area (TPSA) is 27.7 Å². The SMILES string of the molecule is C=C[C@@]1(OCc2ccccc2)C=C[C@@H](c2ccc(OC)cc2)OC1. The molecule has 3 rings (SSSR count). The van der Waals surface area contributed by atoms with Gasteiger partial charge in [-0.1, -0.05) is 61.2 Å². The molecule has 0 N–H and O–H groups in total. The van der Waals surface area contributed by atoms with Gasteiger partial charge in [-0.3, -0.25) is 0 Å². The van der Waals surface area contributed by atoms with E-state index in [-0.39, 0.29) is 6.10 Å². The van der Waals surface area contributed by atoms with E-state index >= 15 is 0 Å². The summed E-state index contributed by atoms with van der Waals surface area (Å²) in [5.74, 6) is 0.838. The molecule has 2 aromatic carbocycles. The summed E-state index contributed by atoms with van der Waals surface area (Å²) in [6.45, 7) is 4.88. The highest BCUT2D eigenvalue weighted by atomic mass is 16.5. The van der Waals surface area contributed by atoms with E-state index < -0.39 is 5.60 Å². The number of hydrogen-bond donors (Lipinski definition) is 0. The molecule has 0 radical (unpaired) electrons. The zero-order valence-corrected chi connectivity index (χ0v) is 13.9. The molecule has 0 aliphatic carbocycles. The van der Waals surface area contributed by atoms with Gasteiger partial charge in [-0.15, -0.1) is 0 Å². The molecule has 0 saturated carbocycles. The molecule has 0 fully saturated rings. The molecule has 0 unspecified atom stereocenters. The van der Waals surface area contributed by atoms with E-state index in [0.717, 1.165) is 16.9 Å². The molecule has 0 saturated heterocycles. The highest BCUT2D eigenvalue weighted by Crippen LogP contribution is 2.31. The molecule has 2 aromatic rings. The van der Waals surface area contributed by atoms with Crippen molar-refractivity contribution in [3.8, 4) is 5.75 Å². The van der Waals surface area contributed by atoms with Crippen LogP contribution in [-0.4, -0.2) is 19.3 Å². The summed E-state index contributed by atoms with van der Waals surface area (Å²) in [7, 11) is 1.66. The van der Waals surface area contributed by atoms with Crippen molar-refractivity contribution in [2.75, 3.05) is 13.7 Å². The fourth-order valence-electron chi connectivity index (χ4n) is 2.64. The lowest BCUT2D eigenvalue weighted by atomic mass is 9.98. The molecule has 1 aliphatic heterocycles. The number of methoxy groups -OCH3 is 1. The molecule has 24 heavy (non-hydrogen) atoms. The normalized spacial score (nSPS) is 23.0. The Balaban J connectivity index is 1.67. The average molecular weight is 322 g/mol. The van der Waals surface area contributed by atoms with Gasteiger partial charge in [0.05, 0.1) is 20.3 Å². The van der Waals surface area contributed by atoms with E-state index in [0.29, 0.717) is 13.2 Å². The Morgan fingerprint density at radius 2 is 1.92 bits per heavy atom. The first kappa shape index (κ1) is 16.5. The van der Waals surface area contributed by atoms with Gasteiger partial charge in [0.15, 0.2) is 0 Å². The van der Waals surface area contributed by atoms with Crippen molar-refractivity contribution >= 4 is 0 Å². The Hall–Kier alpha value is -2.36. The van der Waals surface area contributed by atoms with Crippen LogP contribution in [0.3, 0.4) is 0 Å². The number of benzene rings is 2. The summed E-state index contributed by atoms with van der Waals surface area (Å²) in [5.41, 5.74) is 1.64. The third-order valence-electron chi connectivity index (χ3n) is 4.18. The Bertz CT molecular complexity index is 691. The fourth-order valence-corrected chi connectivity index (χ4v) is 2.64. The van der Waals surface area contributed by atoms with Gasteiger partial charge in [-0.2, -0.15) is 0 Å². The zero-order valence-electron chi connectivity index (χ0n) is 13.9. The second-order valence-electron chi connectivity index (χ2n) is 5.80. The van der Waals surface area contributed by atoms with Crippen molar-refractivity contribution in [1.82, 2.24) is 0 Å². The first-order valence-corrected chi connectivity index (χ1v) is 8.01. The van der Waals surface area contributed by atoms with Gasteiger partial charge in [-0.25, -0.2) is 0 Å². The standard InChI is InChI=1S/C21H22O3/c1-3-21(24-15-17-7-5-4-6-8-17)14-13-20(23-16-21)18-9-11-19(22-2)12-10-18/h3-14,20H,1,15-16H2,2H3/t20-,21+/m0/s1. The molecule has 0 aromatic heterocycles. The molecule has 0 amide bonds. The highest BCUT2D eigenvalue weighted by Gasteiger charge is 2.30. The Morgan fingerprint density at radius 3 is 2.50 bits per heavy atom. The van der Waals surface area contributed by atoms with Crippen LogP contribution in [0.1, 0.15) is 17.2 Å². The van der Waals surface area contributed by atoms with Gasteiger partial charge in [0.1, 0.15) is 17.5 Å². The summed E-state index contributed by atoms with van der Waals surface area (Å²) in [4.78, 5) is 0. The quantitative estimate of drug-likeness (QED) is 0.735. The van der Waals surface area contributed by atoms with Crippen molar-refractivity contribution in [1.29, 1.82) is 0 Å².